The molecule has 1 unspecified atom stereocenters. The monoisotopic (exact) mass is 414 g/mol. The van der Waals surface area contributed by atoms with Crippen molar-refractivity contribution in [1.29, 1.82) is 0 Å². The smallest absolute Gasteiger partial charge is 0.247 e. The summed E-state index contributed by atoms with van der Waals surface area (Å²) in [5, 5.41) is 0. The van der Waals surface area contributed by atoms with Crippen LogP contribution in [0.15, 0.2) is 0 Å². The van der Waals surface area contributed by atoms with Gasteiger partial charge in [-0.1, -0.05) is 80.6 Å². The SMILES string of the molecule is CC(C)CCCCC(CC(C)(C)C)C(=O)OOC(=O)C1(CCCCC(C)C)OO1. The molecular weight excluding hydrogens is 372 g/mol. The van der Waals surface area contributed by atoms with Gasteiger partial charge in [0.05, 0.1) is 5.92 Å². The zero-order chi connectivity index (χ0) is 22.1. The summed E-state index contributed by atoms with van der Waals surface area (Å²) >= 11 is 0. The summed E-state index contributed by atoms with van der Waals surface area (Å²) in [5.41, 5.74) is -0.0217. The minimum atomic E-state index is -1.39. The Labute approximate surface area is 176 Å². The molecule has 1 rings (SSSR count). The second-order valence-electron chi connectivity index (χ2n) is 10.5. The Hall–Kier alpha value is -1.14. The molecule has 0 radical (unpaired) electrons. The number of rotatable bonds is 13. The Balaban J connectivity index is 2.46. The van der Waals surface area contributed by atoms with Gasteiger partial charge in [-0.15, -0.1) is 0 Å². The molecule has 170 valence electrons. The second-order valence-corrected chi connectivity index (χ2v) is 10.5. The largest absolute Gasteiger partial charge is 0.420 e. The predicted molar refractivity (Wildman–Crippen MR) is 111 cm³/mol. The van der Waals surface area contributed by atoms with E-state index in [1.807, 2.05) is 0 Å². The molecule has 0 amide bonds. The lowest BCUT2D eigenvalue weighted by Gasteiger charge is -2.24. The fourth-order valence-electron chi connectivity index (χ4n) is 3.41. The van der Waals surface area contributed by atoms with Crippen molar-refractivity contribution < 1.29 is 29.1 Å². The third-order valence-electron chi connectivity index (χ3n) is 5.11. The summed E-state index contributed by atoms with van der Waals surface area (Å²) in [6, 6.07) is 0. The van der Waals surface area contributed by atoms with E-state index in [0.717, 1.165) is 44.9 Å². The topological polar surface area (TPSA) is 77.7 Å². The highest BCUT2D eigenvalue weighted by atomic mass is 17.4. The Morgan fingerprint density at radius 3 is 1.83 bits per heavy atom. The lowest BCUT2D eigenvalue weighted by atomic mass is 9.82. The fourth-order valence-corrected chi connectivity index (χ4v) is 3.41. The minimum Gasteiger partial charge on any atom is -0.247 e. The van der Waals surface area contributed by atoms with E-state index in [2.05, 4.69) is 48.5 Å². The summed E-state index contributed by atoms with van der Waals surface area (Å²) in [6.07, 6.45) is 7.81. The molecule has 0 bridgehead atoms. The molecule has 1 fully saturated rings. The maximum Gasteiger partial charge on any atom is 0.420 e. The zero-order valence-electron chi connectivity index (χ0n) is 19.5. The highest BCUT2D eigenvalue weighted by Crippen LogP contribution is 2.37. The van der Waals surface area contributed by atoms with Crippen LogP contribution < -0.4 is 0 Å². The summed E-state index contributed by atoms with van der Waals surface area (Å²) in [4.78, 5) is 44.3. The van der Waals surface area contributed by atoms with Crippen LogP contribution in [0.4, 0.5) is 0 Å². The molecule has 1 heterocycles. The van der Waals surface area contributed by atoms with Crippen molar-refractivity contribution in [2.24, 2.45) is 23.2 Å². The Morgan fingerprint density at radius 2 is 1.34 bits per heavy atom. The van der Waals surface area contributed by atoms with Crippen LogP contribution in [0.5, 0.6) is 0 Å². The molecule has 1 aliphatic heterocycles. The van der Waals surface area contributed by atoms with E-state index in [-0.39, 0.29) is 11.3 Å². The molecule has 0 spiro atoms. The van der Waals surface area contributed by atoms with E-state index in [4.69, 9.17) is 19.6 Å². The Kier molecular flexibility index (Phi) is 10.6. The summed E-state index contributed by atoms with van der Waals surface area (Å²) < 4.78 is 0. The minimum absolute atomic E-state index is 0.0217. The lowest BCUT2D eigenvalue weighted by molar-refractivity contribution is -0.267. The van der Waals surface area contributed by atoms with E-state index in [9.17, 15) is 9.59 Å². The van der Waals surface area contributed by atoms with Crippen molar-refractivity contribution in [3.05, 3.63) is 0 Å². The van der Waals surface area contributed by atoms with Crippen LogP contribution in [0.25, 0.3) is 0 Å². The first kappa shape index (κ1) is 25.9. The van der Waals surface area contributed by atoms with Gasteiger partial charge in [-0.3, -0.25) is 0 Å². The first-order chi connectivity index (χ1) is 13.4. The average Bonchev–Trinajstić information content (AvgIpc) is 3.38. The quantitative estimate of drug-likeness (QED) is 0.156. The molecule has 1 aliphatic rings. The van der Waals surface area contributed by atoms with Gasteiger partial charge in [-0.25, -0.2) is 19.4 Å². The fraction of sp³-hybridized carbons (Fsp3) is 0.913. The van der Waals surface area contributed by atoms with Gasteiger partial charge in [-0.05, 0) is 36.5 Å². The van der Waals surface area contributed by atoms with E-state index in [0.29, 0.717) is 24.7 Å². The Morgan fingerprint density at radius 1 is 0.828 bits per heavy atom. The molecule has 6 nitrogen and oxygen atoms in total. The number of carbonyl (C=O) groups is 2. The standard InChI is InChI=1S/C23H42O6/c1-17(2)12-8-9-14-19(16-22(5,6)7)20(24)26-27-21(25)23(28-29-23)15-11-10-13-18(3)4/h17-19H,8-16H2,1-7H3. The third-order valence-corrected chi connectivity index (χ3v) is 5.11. The van der Waals surface area contributed by atoms with Gasteiger partial charge in [0, 0.05) is 6.42 Å². The number of hydrogen-bond donors (Lipinski definition) is 0. The van der Waals surface area contributed by atoms with Gasteiger partial charge in [0.2, 0.25) is 0 Å². The van der Waals surface area contributed by atoms with Crippen molar-refractivity contribution in [2.75, 3.05) is 0 Å². The molecule has 0 saturated carbocycles. The molecule has 0 aromatic heterocycles. The van der Waals surface area contributed by atoms with Gasteiger partial charge in [0.25, 0.3) is 0 Å². The van der Waals surface area contributed by atoms with Gasteiger partial charge in [0.15, 0.2) is 0 Å². The maximum absolute atomic E-state index is 12.6. The highest BCUT2D eigenvalue weighted by molar-refractivity contribution is 5.80. The van der Waals surface area contributed by atoms with Crippen LogP contribution in [0.3, 0.4) is 0 Å². The van der Waals surface area contributed by atoms with E-state index >= 15 is 0 Å². The molecule has 1 saturated heterocycles. The molecular formula is C23H42O6. The van der Waals surface area contributed by atoms with Crippen molar-refractivity contribution in [1.82, 2.24) is 0 Å². The van der Waals surface area contributed by atoms with Crippen LogP contribution in [0.1, 0.15) is 106 Å². The zero-order valence-corrected chi connectivity index (χ0v) is 19.5. The second kappa shape index (κ2) is 11.9. The van der Waals surface area contributed by atoms with Crippen LogP contribution in [-0.2, 0) is 29.1 Å². The van der Waals surface area contributed by atoms with Crippen molar-refractivity contribution in [3.8, 4) is 0 Å². The lowest BCUT2D eigenvalue weighted by Crippen LogP contribution is -2.30. The van der Waals surface area contributed by atoms with Crippen LogP contribution >= 0.6 is 0 Å². The molecule has 0 aromatic rings. The Bertz CT molecular complexity index is 502. The number of hydrogen-bond acceptors (Lipinski definition) is 6. The van der Waals surface area contributed by atoms with E-state index < -0.39 is 17.7 Å². The van der Waals surface area contributed by atoms with Crippen molar-refractivity contribution in [2.45, 2.75) is 112 Å². The van der Waals surface area contributed by atoms with Crippen molar-refractivity contribution >= 4 is 11.9 Å². The normalized spacial score (nSPS) is 16.7. The van der Waals surface area contributed by atoms with Crippen LogP contribution in [-0.4, -0.2) is 17.7 Å². The van der Waals surface area contributed by atoms with Crippen molar-refractivity contribution in [3.63, 3.8) is 0 Å². The van der Waals surface area contributed by atoms with Gasteiger partial charge >= 0.3 is 17.7 Å². The first-order valence-electron chi connectivity index (χ1n) is 11.2. The number of unbranched alkanes of at least 4 members (excludes halogenated alkanes) is 2. The maximum atomic E-state index is 12.6. The summed E-state index contributed by atoms with van der Waals surface area (Å²) in [5.74, 6) is -1.70. The molecule has 0 aromatic carbocycles. The van der Waals surface area contributed by atoms with E-state index in [1.165, 1.54) is 0 Å². The van der Waals surface area contributed by atoms with Gasteiger partial charge in [0.1, 0.15) is 0 Å². The molecule has 29 heavy (non-hydrogen) atoms. The highest BCUT2D eigenvalue weighted by Gasteiger charge is 2.59. The molecule has 1 atom stereocenters. The first-order valence-corrected chi connectivity index (χ1v) is 11.2. The van der Waals surface area contributed by atoms with Crippen LogP contribution in [0.2, 0.25) is 0 Å². The third kappa shape index (κ3) is 11.0. The van der Waals surface area contributed by atoms with Gasteiger partial charge < -0.3 is 0 Å². The van der Waals surface area contributed by atoms with E-state index in [1.54, 1.807) is 0 Å². The molecule has 0 N–H and O–H groups in total. The molecule has 0 aliphatic carbocycles. The summed E-state index contributed by atoms with van der Waals surface area (Å²) in [7, 11) is 0. The summed E-state index contributed by atoms with van der Waals surface area (Å²) in [6.45, 7) is 15.0. The van der Waals surface area contributed by atoms with Gasteiger partial charge in [-0.2, -0.15) is 9.78 Å². The molecule has 6 heteroatoms. The average molecular weight is 415 g/mol. The number of carbonyl (C=O) groups excluding carboxylic acids is 2. The predicted octanol–water partition coefficient (Wildman–Crippen LogP) is 6.13. The van der Waals surface area contributed by atoms with Crippen LogP contribution in [0, 0.1) is 23.2 Å².